The maximum Gasteiger partial charge on any atom is 0.254 e. The predicted molar refractivity (Wildman–Crippen MR) is 65.4 cm³/mol. The quantitative estimate of drug-likeness (QED) is 0.714. The van der Waals surface area contributed by atoms with Gasteiger partial charge in [-0.15, -0.1) is 0 Å². The van der Waals surface area contributed by atoms with Gasteiger partial charge in [0.2, 0.25) is 5.95 Å². The fraction of sp³-hybridized carbons (Fsp3) is 0.545. The summed E-state index contributed by atoms with van der Waals surface area (Å²) in [5.41, 5.74) is 11.0. The van der Waals surface area contributed by atoms with Crippen LogP contribution in [0.25, 0.3) is 0 Å². The van der Waals surface area contributed by atoms with E-state index in [-0.39, 0.29) is 17.1 Å². The molecule has 0 radical (unpaired) electrons. The normalized spacial score (nSPS) is 15.6. The maximum absolute atomic E-state index is 11.3. The van der Waals surface area contributed by atoms with Crippen LogP contribution in [-0.2, 0) is 0 Å². The van der Waals surface area contributed by atoms with E-state index in [0.717, 1.165) is 0 Å². The van der Waals surface area contributed by atoms with Crippen LogP contribution in [0.3, 0.4) is 0 Å². The molecule has 0 unspecified atom stereocenters. The highest BCUT2D eigenvalue weighted by molar-refractivity contribution is 5.97. The molecule has 1 fully saturated rings. The molecule has 0 atom stereocenters. The Balaban J connectivity index is 2.30. The van der Waals surface area contributed by atoms with Crippen LogP contribution in [0, 0.1) is 5.92 Å². The number of rotatable bonds is 4. The largest absolute Gasteiger partial charge is 0.368 e. The molecule has 1 saturated carbocycles. The minimum Gasteiger partial charge on any atom is -0.368 e. The van der Waals surface area contributed by atoms with Crippen LogP contribution in [0.4, 0.5) is 11.8 Å². The van der Waals surface area contributed by atoms with Crippen LogP contribution in [0.5, 0.6) is 0 Å². The lowest BCUT2D eigenvalue weighted by Crippen LogP contribution is -2.35. The van der Waals surface area contributed by atoms with Gasteiger partial charge in [-0.2, -0.15) is 4.98 Å². The Morgan fingerprint density at radius 2 is 2.18 bits per heavy atom. The zero-order valence-corrected chi connectivity index (χ0v) is 10.0. The second-order valence-corrected chi connectivity index (χ2v) is 4.98. The highest BCUT2D eigenvalue weighted by Gasteiger charge is 2.38. The van der Waals surface area contributed by atoms with Crippen molar-refractivity contribution in [2.45, 2.75) is 32.2 Å². The molecular weight excluding hydrogens is 218 g/mol. The molecule has 1 aliphatic rings. The number of nitrogen functional groups attached to an aromatic ring is 1. The van der Waals surface area contributed by atoms with E-state index in [1.54, 1.807) is 0 Å². The van der Waals surface area contributed by atoms with Crippen molar-refractivity contribution in [2.75, 3.05) is 11.1 Å². The minimum atomic E-state index is -0.556. The maximum atomic E-state index is 11.3. The molecule has 1 aromatic heterocycles. The zero-order valence-electron chi connectivity index (χ0n) is 10.0. The van der Waals surface area contributed by atoms with Gasteiger partial charge >= 0.3 is 0 Å². The molecular formula is C11H17N5O. The average Bonchev–Trinajstić information content (AvgIpc) is 2.99. The van der Waals surface area contributed by atoms with Crippen LogP contribution in [0.2, 0.25) is 0 Å². The Bertz CT molecular complexity index is 453. The Morgan fingerprint density at radius 3 is 2.71 bits per heavy atom. The van der Waals surface area contributed by atoms with Gasteiger partial charge < -0.3 is 16.8 Å². The summed E-state index contributed by atoms with van der Waals surface area (Å²) in [4.78, 5) is 19.1. The zero-order chi connectivity index (χ0) is 12.6. The summed E-state index contributed by atoms with van der Waals surface area (Å²) >= 11 is 0. The van der Waals surface area contributed by atoms with E-state index in [1.165, 1.54) is 19.0 Å². The molecule has 92 valence electrons. The van der Waals surface area contributed by atoms with Gasteiger partial charge in [0, 0.05) is 11.7 Å². The first-order chi connectivity index (χ1) is 7.90. The number of hydrogen-bond donors (Lipinski definition) is 3. The lowest BCUT2D eigenvalue weighted by atomic mass is 9.98. The number of aromatic nitrogens is 2. The second kappa shape index (κ2) is 3.87. The topological polar surface area (TPSA) is 107 Å². The fourth-order valence-corrected chi connectivity index (χ4v) is 1.88. The SMILES string of the molecule is CC(C)(Nc1nc(N)ncc1C(N)=O)C1CC1. The number of amides is 1. The van der Waals surface area contributed by atoms with Crippen molar-refractivity contribution in [1.29, 1.82) is 0 Å². The van der Waals surface area contributed by atoms with E-state index in [0.29, 0.717) is 11.7 Å². The Kier molecular flexibility index (Phi) is 2.65. The third kappa shape index (κ3) is 2.46. The van der Waals surface area contributed by atoms with Gasteiger partial charge in [0.1, 0.15) is 5.82 Å². The van der Waals surface area contributed by atoms with Crippen LogP contribution in [-0.4, -0.2) is 21.4 Å². The fourth-order valence-electron chi connectivity index (χ4n) is 1.88. The van der Waals surface area contributed by atoms with E-state index in [4.69, 9.17) is 11.5 Å². The molecule has 0 spiro atoms. The molecule has 1 aliphatic carbocycles. The molecule has 6 nitrogen and oxygen atoms in total. The average molecular weight is 235 g/mol. The van der Waals surface area contributed by atoms with E-state index in [2.05, 4.69) is 29.1 Å². The molecule has 17 heavy (non-hydrogen) atoms. The number of carbonyl (C=O) groups is 1. The van der Waals surface area contributed by atoms with E-state index >= 15 is 0 Å². The molecule has 5 N–H and O–H groups in total. The highest BCUT2D eigenvalue weighted by Crippen LogP contribution is 2.41. The molecule has 1 aromatic rings. The second-order valence-electron chi connectivity index (χ2n) is 4.98. The summed E-state index contributed by atoms with van der Waals surface area (Å²) < 4.78 is 0. The smallest absolute Gasteiger partial charge is 0.254 e. The summed E-state index contributed by atoms with van der Waals surface area (Å²) in [5, 5.41) is 3.24. The standard InChI is InChI=1S/C11H17N5O/c1-11(2,6-3-4-6)16-9-7(8(12)17)5-14-10(13)15-9/h5-6H,3-4H2,1-2H3,(H2,12,17)(H3,13,14,15,16). The minimum absolute atomic E-state index is 0.120. The molecule has 0 aliphatic heterocycles. The monoisotopic (exact) mass is 235 g/mol. The Labute approximate surface area is 99.8 Å². The van der Waals surface area contributed by atoms with Gasteiger partial charge in [0.05, 0.1) is 5.56 Å². The van der Waals surface area contributed by atoms with Crippen molar-refractivity contribution in [1.82, 2.24) is 9.97 Å². The van der Waals surface area contributed by atoms with Crippen molar-refractivity contribution in [3.63, 3.8) is 0 Å². The summed E-state index contributed by atoms with van der Waals surface area (Å²) in [7, 11) is 0. The van der Waals surface area contributed by atoms with Crippen LogP contribution < -0.4 is 16.8 Å². The first kappa shape index (κ1) is 11.6. The first-order valence-corrected chi connectivity index (χ1v) is 5.60. The number of nitrogens with zero attached hydrogens (tertiary/aromatic N) is 2. The summed E-state index contributed by atoms with van der Waals surface area (Å²) in [6.45, 7) is 4.15. The van der Waals surface area contributed by atoms with Gasteiger partial charge in [-0.25, -0.2) is 4.98 Å². The molecule has 0 aromatic carbocycles. The van der Waals surface area contributed by atoms with Crippen LogP contribution in [0.15, 0.2) is 6.20 Å². The summed E-state index contributed by atoms with van der Waals surface area (Å²) in [5.74, 6) is 0.588. The van der Waals surface area contributed by atoms with Crippen molar-refractivity contribution in [3.8, 4) is 0 Å². The van der Waals surface area contributed by atoms with Gasteiger partial charge in [0.25, 0.3) is 5.91 Å². The van der Waals surface area contributed by atoms with Crippen molar-refractivity contribution in [2.24, 2.45) is 11.7 Å². The van der Waals surface area contributed by atoms with Crippen molar-refractivity contribution >= 4 is 17.7 Å². The van der Waals surface area contributed by atoms with Gasteiger partial charge in [-0.05, 0) is 32.6 Å². The number of primary amides is 1. The molecule has 1 amide bonds. The van der Waals surface area contributed by atoms with E-state index in [9.17, 15) is 4.79 Å². The number of anilines is 2. The van der Waals surface area contributed by atoms with Crippen LogP contribution >= 0.6 is 0 Å². The lowest BCUT2D eigenvalue weighted by molar-refractivity contribution is 0.100. The third-order valence-corrected chi connectivity index (χ3v) is 3.11. The summed E-state index contributed by atoms with van der Waals surface area (Å²) in [6.07, 6.45) is 3.73. The van der Waals surface area contributed by atoms with Gasteiger partial charge in [-0.1, -0.05) is 0 Å². The molecule has 1 heterocycles. The summed E-state index contributed by atoms with van der Waals surface area (Å²) in [6, 6.07) is 0. The predicted octanol–water partition coefficient (Wildman–Crippen LogP) is 0.758. The van der Waals surface area contributed by atoms with Gasteiger partial charge in [0.15, 0.2) is 0 Å². The Morgan fingerprint density at radius 1 is 1.53 bits per heavy atom. The van der Waals surface area contributed by atoms with Crippen molar-refractivity contribution < 1.29 is 4.79 Å². The first-order valence-electron chi connectivity index (χ1n) is 5.60. The van der Waals surface area contributed by atoms with E-state index < -0.39 is 5.91 Å². The number of hydrogen-bond acceptors (Lipinski definition) is 5. The highest BCUT2D eigenvalue weighted by atomic mass is 16.1. The molecule has 0 bridgehead atoms. The Hall–Kier alpha value is -1.85. The number of nitrogens with one attached hydrogen (secondary N) is 1. The molecule has 2 rings (SSSR count). The van der Waals surface area contributed by atoms with Gasteiger partial charge in [-0.3, -0.25) is 4.79 Å². The number of nitrogens with two attached hydrogens (primary N) is 2. The molecule has 6 heteroatoms. The third-order valence-electron chi connectivity index (χ3n) is 3.11. The van der Waals surface area contributed by atoms with Crippen molar-refractivity contribution in [3.05, 3.63) is 11.8 Å². The van der Waals surface area contributed by atoms with Crippen LogP contribution in [0.1, 0.15) is 37.0 Å². The van der Waals surface area contributed by atoms with E-state index in [1.807, 2.05) is 0 Å². The number of carbonyl (C=O) groups excluding carboxylic acids is 1. The lowest BCUT2D eigenvalue weighted by Gasteiger charge is -2.27. The molecule has 0 saturated heterocycles.